The highest BCUT2D eigenvalue weighted by Crippen LogP contribution is 2.28. The summed E-state index contributed by atoms with van der Waals surface area (Å²) in [6.07, 6.45) is 1.45. The van der Waals surface area contributed by atoms with Gasteiger partial charge >= 0.3 is 5.97 Å². The van der Waals surface area contributed by atoms with Crippen LogP contribution in [0, 0.1) is 26.7 Å². The van der Waals surface area contributed by atoms with E-state index in [1.807, 2.05) is 19.1 Å². The minimum absolute atomic E-state index is 0.295. The van der Waals surface area contributed by atoms with Crippen molar-refractivity contribution in [3.8, 4) is 0 Å². The predicted octanol–water partition coefficient (Wildman–Crippen LogP) is 2.14. The number of carboxylic acids is 1. The van der Waals surface area contributed by atoms with Crippen LogP contribution in [-0.4, -0.2) is 25.5 Å². The smallest absolute Gasteiger partial charge is 0.306 e. The maximum Gasteiger partial charge on any atom is 0.306 e. The lowest BCUT2D eigenvalue weighted by atomic mass is 10.1. The van der Waals surface area contributed by atoms with Gasteiger partial charge in [-0.25, -0.2) is 13.1 Å². The zero-order valence-electron chi connectivity index (χ0n) is 12.5. The number of hydrogen-bond acceptors (Lipinski definition) is 3. The van der Waals surface area contributed by atoms with E-state index in [0.717, 1.165) is 5.56 Å². The van der Waals surface area contributed by atoms with Crippen molar-refractivity contribution in [1.29, 1.82) is 0 Å². The number of carbonyl (C=O) groups is 1. The number of benzene rings is 1. The minimum Gasteiger partial charge on any atom is -0.481 e. The lowest BCUT2D eigenvalue weighted by Crippen LogP contribution is -2.34. The SMILES string of the molecule is Cc1cc(C)c(S(=O)(=O)N[C@H]2CC[C@@H](C(=O)O)C2)c(C)c1. The van der Waals surface area contributed by atoms with Crippen molar-refractivity contribution in [3.63, 3.8) is 0 Å². The number of sulfonamides is 1. The van der Waals surface area contributed by atoms with Gasteiger partial charge in [-0.1, -0.05) is 17.7 Å². The van der Waals surface area contributed by atoms with Gasteiger partial charge in [-0.2, -0.15) is 0 Å². The first-order valence-electron chi connectivity index (χ1n) is 7.03. The summed E-state index contributed by atoms with van der Waals surface area (Å²) in [6, 6.07) is 3.39. The van der Waals surface area contributed by atoms with E-state index in [2.05, 4.69) is 4.72 Å². The molecule has 0 aromatic heterocycles. The molecule has 0 amide bonds. The minimum atomic E-state index is -3.61. The molecule has 0 saturated heterocycles. The maximum atomic E-state index is 12.6. The summed E-state index contributed by atoms with van der Waals surface area (Å²) >= 11 is 0. The van der Waals surface area contributed by atoms with Crippen LogP contribution in [0.25, 0.3) is 0 Å². The van der Waals surface area contributed by atoms with E-state index in [0.29, 0.717) is 35.3 Å². The van der Waals surface area contributed by atoms with Crippen molar-refractivity contribution in [1.82, 2.24) is 4.72 Å². The van der Waals surface area contributed by atoms with Crippen LogP contribution in [-0.2, 0) is 14.8 Å². The molecule has 1 aromatic rings. The Balaban J connectivity index is 2.22. The molecule has 21 heavy (non-hydrogen) atoms. The molecule has 2 atom stereocenters. The average Bonchev–Trinajstić information content (AvgIpc) is 2.74. The molecule has 0 radical (unpaired) electrons. The van der Waals surface area contributed by atoms with Gasteiger partial charge in [0.05, 0.1) is 10.8 Å². The summed E-state index contributed by atoms with van der Waals surface area (Å²) < 4.78 is 27.8. The number of aryl methyl sites for hydroxylation is 3. The highest BCUT2D eigenvalue weighted by molar-refractivity contribution is 7.89. The van der Waals surface area contributed by atoms with Crippen LogP contribution in [0.4, 0.5) is 0 Å². The Morgan fingerprint density at radius 2 is 1.76 bits per heavy atom. The van der Waals surface area contributed by atoms with Crippen molar-refractivity contribution in [2.75, 3.05) is 0 Å². The Hall–Kier alpha value is -1.40. The molecular weight excluding hydrogens is 290 g/mol. The standard InChI is InChI=1S/C15H21NO4S/c1-9-6-10(2)14(11(3)7-9)21(19,20)16-13-5-4-12(8-13)15(17)18/h6-7,12-13,16H,4-5,8H2,1-3H3,(H,17,18)/t12-,13+/m1/s1. The van der Waals surface area contributed by atoms with E-state index in [-0.39, 0.29) is 6.04 Å². The summed E-state index contributed by atoms with van der Waals surface area (Å²) in [7, 11) is -3.61. The molecule has 5 nitrogen and oxygen atoms in total. The number of carboxylic acid groups (broad SMARTS) is 1. The van der Waals surface area contributed by atoms with E-state index >= 15 is 0 Å². The molecule has 1 aliphatic carbocycles. The Morgan fingerprint density at radius 3 is 2.24 bits per heavy atom. The van der Waals surface area contributed by atoms with Crippen molar-refractivity contribution in [2.24, 2.45) is 5.92 Å². The molecule has 1 aliphatic rings. The highest BCUT2D eigenvalue weighted by Gasteiger charge is 2.33. The van der Waals surface area contributed by atoms with Crippen LogP contribution >= 0.6 is 0 Å². The van der Waals surface area contributed by atoms with Crippen LogP contribution in [0.2, 0.25) is 0 Å². The summed E-state index contributed by atoms with van der Waals surface area (Å²) in [4.78, 5) is 11.3. The molecule has 1 fully saturated rings. The fourth-order valence-corrected chi connectivity index (χ4v) is 4.92. The highest BCUT2D eigenvalue weighted by atomic mass is 32.2. The van der Waals surface area contributed by atoms with Crippen LogP contribution in [0.1, 0.15) is 36.0 Å². The van der Waals surface area contributed by atoms with Crippen LogP contribution in [0.5, 0.6) is 0 Å². The second-order valence-corrected chi connectivity index (χ2v) is 7.55. The number of aliphatic carboxylic acids is 1. The Labute approximate surface area is 125 Å². The lowest BCUT2D eigenvalue weighted by Gasteiger charge is -2.16. The number of nitrogens with one attached hydrogen (secondary N) is 1. The topological polar surface area (TPSA) is 83.5 Å². The maximum absolute atomic E-state index is 12.6. The van der Waals surface area contributed by atoms with E-state index in [9.17, 15) is 13.2 Å². The second kappa shape index (κ2) is 5.77. The van der Waals surface area contributed by atoms with Crippen LogP contribution in [0.15, 0.2) is 17.0 Å². The van der Waals surface area contributed by atoms with Crippen LogP contribution < -0.4 is 4.72 Å². The first-order valence-corrected chi connectivity index (χ1v) is 8.52. The van der Waals surface area contributed by atoms with Crippen molar-refractivity contribution in [2.45, 2.75) is 51.0 Å². The molecule has 0 heterocycles. The molecule has 0 unspecified atom stereocenters. The molecule has 2 N–H and O–H groups in total. The third kappa shape index (κ3) is 3.44. The lowest BCUT2D eigenvalue weighted by molar-refractivity contribution is -0.141. The van der Waals surface area contributed by atoms with Crippen molar-refractivity contribution in [3.05, 3.63) is 28.8 Å². The zero-order chi connectivity index (χ0) is 15.8. The molecule has 0 spiro atoms. The molecule has 0 aliphatic heterocycles. The molecule has 2 rings (SSSR count). The van der Waals surface area contributed by atoms with E-state index in [1.165, 1.54) is 0 Å². The largest absolute Gasteiger partial charge is 0.481 e. The molecule has 1 saturated carbocycles. The van der Waals surface area contributed by atoms with Gasteiger partial charge in [-0.05, 0) is 51.2 Å². The van der Waals surface area contributed by atoms with Crippen molar-refractivity contribution < 1.29 is 18.3 Å². The molecule has 1 aromatic carbocycles. The van der Waals surface area contributed by atoms with Gasteiger partial charge in [0.15, 0.2) is 0 Å². The van der Waals surface area contributed by atoms with Gasteiger partial charge in [0.2, 0.25) is 10.0 Å². The molecule has 116 valence electrons. The van der Waals surface area contributed by atoms with Gasteiger partial charge in [0.1, 0.15) is 0 Å². The van der Waals surface area contributed by atoms with Gasteiger partial charge < -0.3 is 5.11 Å². The van der Waals surface area contributed by atoms with Gasteiger partial charge in [0.25, 0.3) is 0 Å². The van der Waals surface area contributed by atoms with Crippen LogP contribution in [0.3, 0.4) is 0 Å². The van der Waals surface area contributed by atoms with E-state index < -0.39 is 21.9 Å². The summed E-state index contributed by atoms with van der Waals surface area (Å²) in [5.74, 6) is -1.29. The first kappa shape index (κ1) is 16.0. The third-order valence-electron chi connectivity index (χ3n) is 3.98. The fraction of sp³-hybridized carbons (Fsp3) is 0.533. The quantitative estimate of drug-likeness (QED) is 0.892. The number of rotatable bonds is 4. The van der Waals surface area contributed by atoms with E-state index in [4.69, 9.17) is 5.11 Å². The monoisotopic (exact) mass is 311 g/mol. The fourth-order valence-electron chi connectivity index (χ4n) is 3.18. The average molecular weight is 311 g/mol. The normalized spacial score (nSPS) is 22.4. The molecule has 0 bridgehead atoms. The summed E-state index contributed by atoms with van der Waals surface area (Å²) in [5.41, 5.74) is 2.45. The predicted molar refractivity (Wildman–Crippen MR) is 79.7 cm³/mol. The van der Waals surface area contributed by atoms with Crippen molar-refractivity contribution >= 4 is 16.0 Å². The molecule has 6 heteroatoms. The summed E-state index contributed by atoms with van der Waals surface area (Å²) in [5, 5.41) is 8.99. The Bertz CT molecular complexity index is 643. The first-order chi connectivity index (χ1) is 9.70. The van der Waals surface area contributed by atoms with Gasteiger partial charge in [0, 0.05) is 6.04 Å². The van der Waals surface area contributed by atoms with E-state index in [1.54, 1.807) is 13.8 Å². The zero-order valence-corrected chi connectivity index (χ0v) is 13.3. The molecular formula is C15H21NO4S. The Morgan fingerprint density at radius 1 is 1.19 bits per heavy atom. The van der Waals surface area contributed by atoms with Gasteiger partial charge in [-0.15, -0.1) is 0 Å². The third-order valence-corrected chi connectivity index (χ3v) is 5.80. The summed E-state index contributed by atoms with van der Waals surface area (Å²) in [6.45, 7) is 5.49. The second-order valence-electron chi connectivity index (χ2n) is 5.89. The number of hydrogen-bond donors (Lipinski definition) is 2. The van der Waals surface area contributed by atoms with Gasteiger partial charge in [-0.3, -0.25) is 4.79 Å². The Kier molecular flexibility index (Phi) is 4.39.